The number of carbonyl (C=O) groups excluding carboxylic acids is 2. The van der Waals surface area contributed by atoms with Gasteiger partial charge in [-0.3, -0.25) is 4.79 Å². The van der Waals surface area contributed by atoms with Crippen LogP contribution in [0.25, 0.3) is 0 Å². The van der Waals surface area contributed by atoms with Crippen LogP contribution >= 0.6 is 0 Å². The first-order valence-corrected chi connectivity index (χ1v) is 5.05. The molecule has 1 aliphatic heterocycles. The Hall–Kier alpha value is -0.504. The van der Waals surface area contributed by atoms with Crippen molar-refractivity contribution in [3.05, 3.63) is 48.0 Å². The van der Waals surface area contributed by atoms with E-state index in [1.54, 1.807) is 30.3 Å². The van der Waals surface area contributed by atoms with Gasteiger partial charge in [-0.2, -0.15) is 0 Å². The summed E-state index contributed by atoms with van der Waals surface area (Å²) >= 11 is 0. The first-order valence-electron chi connectivity index (χ1n) is 5.05. The third-order valence-corrected chi connectivity index (χ3v) is 2.28. The molecule has 1 N–H and O–H groups in total. The summed E-state index contributed by atoms with van der Waals surface area (Å²) in [4.78, 5) is 22.4. The van der Waals surface area contributed by atoms with Crippen LogP contribution in [0, 0.1) is 0 Å². The predicted molar refractivity (Wildman–Crippen MR) is 56.7 cm³/mol. The molecular weight excluding hydrogens is 261 g/mol. The topological polar surface area (TPSA) is 78.5 Å². The van der Waals surface area contributed by atoms with Gasteiger partial charge in [-0.1, -0.05) is 18.2 Å². The van der Waals surface area contributed by atoms with Crippen LogP contribution in [0.4, 0.5) is 0 Å². The minimum atomic E-state index is -1.98. The summed E-state index contributed by atoms with van der Waals surface area (Å²) in [5.41, 5.74) is 0.449. The van der Waals surface area contributed by atoms with Gasteiger partial charge < -0.3 is 15.2 Å². The second kappa shape index (κ2) is 6.60. The van der Waals surface area contributed by atoms with Crippen molar-refractivity contribution < 1.29 is 70.8 Å². The zero-order valence-corrected chi connectivity index (χ0v) is 13.0. The summed E-state index contributed by atoms with van der Waals surface area (Å²) in [6.07, 6.45) is 2.16. The Kier molecular flexibility index (Phi) is 5.70. The molecule has 0 aromatic heterocycles. The van der Waals surface area contributed by atoms with E-state index < -0.39 is 11.8 Å². The summed E-state index contributed by atoms with van der Waals surface area (Å²) in [5, 5.41) is 14.1. The van der Waals surface area contributed by atoms with Gasteiger partial charge in [0.25, 0.3) is 5.91 Å². The van der Waals surface area contributed by atoms with E-state index in [9.17, 15) is 14.7 Å². The summed E-state index contributed by atoms with van der Waals surface area (Å²) < 4.78 is 4.51. The first-order chi connectivity index (χ1) is 8.09. The standard InChI is InChI=1S/C12H10NO4.K/c14-10-6-7-12(16,17-10)8-13-11(15)9-4-2-1-3-5-9;/h1-7H,8H2,(H,13,15);/q-1;+1. The Balaban J connectivity index is 0.00000162. The molecule has 0 fully saturated rings. The fourth-order valence-corrected chi connectivity index (χ4v) is 1.42. The first kappa shape index (κ1) is 15.6. The molecule has 88 valence electrons. The van der Waals surface area contributed by atoms with E-state index in [2.05, 4.69) is 10.1 Å². The molecule has 0 saturated carbocycles. The van der Waals surface area contributed by atoms with Crippen molar-refractivity contribution in [2.75, 3.05) is 6.54 Å². The van der Waals surface area contributed by atoms with Gasteiger partial charge in [0.2, 0.25) is 0 Å². The molecule has 0 aliphatic carbocycles. The molecule has 1 aliphatic rings. The van der Waals surface area contributed by atoms with Gasteiger partial charge in [0.1, 0.15) is 0 Å². The van der Waals surface area contributed by atoms with Gasteiger partial charge in [0.05, 0.1) is 5.79 Å². The van der Waals surface area contributed by atoms with Gasteiger partial charge in [0, 0.05) is 18.2 Å². The quantitative estimate of drug-likeness (QED) is 0.459. The largest absolute Gasteiger partial charge is 1.00 e. The fourth-order valence-electron chi connectivity index (χ4n) is 1.42. The van der Waals surface area contributed by atoms with Crippen LogP contribution in [0.5, 0.6) is 0 Å². The third-order valence-electron chi connectivity index (χ3n) is 2.28. The molecular formula is C12H10KNO4. The summed E-state index contributed by atoms with van der Waals surface area (Å²) in [6, 6.07) is 8.48. The van der Waals surface area contributed by atoms with Crippen molar-refractivity contribution in [1.82, 2.24) is 5.32 Å². The average Bonchev–Trinajstić information content (AvgIpc) is 2.68. The van der Waals surface area contributed by atoms with Crippen molar-refractivity contribution in [2.24, 2.45) is 0 Å². The minimum absolute atomic E-state index is 0. The van der Waals surface area contributed by atoms with E-state index >= 15 is 0 Å². The molecule has 1 unspecified atom stereocenters. The normalized spacial score (nSPS) is 21.1. The Morgan fingerprint density at radius 2 is 2.00 bits per heavy atom. The van der Waals surface area contributed by atoms with Crippen LogP contribution in [-0.2, 0) is 9.53 Å². The van der Waals surface area contributed by atoms with Crippen molar-refractivity contribution in [3.63, 3.8) is 0 Å². The molecule has 1 aromatic rings. The molecule has 6 heteroatoms. The average molecular weight is 271 g/mol. The number of benzene rings is 1. The van der Waals surface area contributed by atoms with Gasteiger partial charge in [0.15, 0.2) is 0 Å². The third kappa shape index (κ3) is 4.01. The van der Waals surface area contributed by atoms with E-state index in [4.69, 9.17) is 0 Å². The zero-order chi connectivity index (χ0) is 12.3. The molecule has 2 rings (SSSR count). The number of amides is 1. The molecule has 18 heavy (non-hydrogen) atoms. The van der Waals surface area contributed by atoms with Crippen molar-refractivity contribution in [3.8, 4) is 0 Å². The monoisotopic (exact) mass is 271 g/mol. The Bertz CT molecular complexity index is 474. The number of carbonyl (C=O) groups is 2. The van der Waals surface area contributed by atoms with Crippen LogP contribution < -0.4 is 61.8 Å². The SMILES string of the molecule is O=C1C=CC([O-])(CNC(=O)c2ccccc2)O1.[K+]. The van der Waals surface area contributed by atoms with Crippen molar-refractivity contribution >= 4 is 11.9 Å². The number of hydrogen-bond donors (Lipinski definition) is 1. The van der Waals surface area contributed by atoms with E-state index in [1.807, 2.05) is 0 Å². The molecule has 0 saturated heterocycles. The molecule has 0 bridgehead atoms. The number of esters is 1. The molecule has 5 nitrogen and oxygen atoms in total. The van der Waals surface area contributed by atoms with Crippen molar-refractivity contribution in [2.45, 2.75) is 5.79 Å². The minimum Gasteiger partial charge on any atom is -0.814 e. The maximum atomic E-state index is 11.7. The van der Waals surface area contributed by atoms with Gasteiger partial charge in [-0.15, -0.1) is 0 Å². The number of cyclic esters (lactones) is 1. The van der Waals surface area contributed by atoms with Crippen LogP contribution in [0.3, 0.4) is 0 Å². The Morgan fingerprint density at radius 3 is 2.56 bits per heavy atom. The second-order valence-corrected chi connectivity index (χ2v) is 3.61. The van der Waals surface area contributed by atoms with Gasteiger partial charge in [-0.05, 0) is 18.2 Å². The van der Waals surface area contributed by atoms with E-state index in [0.29, 0.717) is 5.56 Å². The number of nitrogens with one attached hydrogen (secondary N) is 1. The van der Waals surface area contributed by atoms with Crippen LogP contribution in [0.15, 0.2) is 42.5 Å². The summed E-state index contributed by atoms with van der Waals surface area (Å²) in [7, 11) is 0. The molecule has 0 spiro atoms. The second-order valence-electron chi connectivity index (χ2n) is 3.61. The summed E-state index contributed by atoms with van der Waals surface area (Å²) in [6.45, 7) is -0.289. The maximum Gasteiger partial charge on any atom is 1.00 e. The predicted octanol–water partition coefficient (Wildman–Crippen LogP) is -3.41. The van der Waals surface area contributed by atoms with Crippen LogP contribution in [-0.4, -0.2) is 24.2 Å². The number of hydrogen-bond acceptors (Lipinski definition) is 4. The van der Waals surface area contributed by atoms with Crippen molar-refractivity contribution in [1.29, 1.82) is 0 Å². The van der Waals surface area contributed by atoms with E-state index in [-0.39, 0.29) is 63.8 Å². The number of ether oxygens (including phenoxy) is 1. The smallest absolute Gasteiger partial charge is 0.814 e. The molecule has 1 atom stereocenters. The zero-order valence-electron chi connectivity index (χ0n) is 9.88. The maximum absolute atomic E-state index is 11.7. The molecule has 1 heterocycles. The number of rotatable bonds is 3. The van der Waals surface area contributed by atoms with Gasteiger partial charge in [-0.25, -0.2) is 4.79 Å². The molecule has 1 aromatic carbocycles. The van der Waals surface area contributed by atoms with E-state index in [0.717, 1.165) is 12.2 Å². The van der Waals surface area contributed by atoms with Crippen LogP contribution in [0.2, 0.25) is 0 Å². The Morgan fingerprint density at radius 1 is 1.33 bits per heavy atom. The van der Waals surface area contributed by atoms with Gasteiger partial charge >= 0.3 is 57.4 Å². The molecule has 0 radical (unpaired) electrons. The van der Waals surface area contributed by atoms with Crippen LogP contribution in [0.1, 0.15) is 10.4 Å². The molecule has 1 amide bonds. The Labute approximate surface area is 147 Å². The van der Waals surface area contributed by atoms with E-state index in [1.165, 1.54) is 0 Å². The summed E-state index contributed by atoms with van der Waals surface area (Å²) in [5.74, 6) is -3.05. The fraction of sp³-hybridized carbons (Fsp3) is 0.167.